The standard InChI is InChI=1S/C19H30/c1-6-16-15(5)19(16)18-12-14(4)10-8-7-9-11-17(18)13(2)3/h11-12,15-16,18-19H,2,6-10H2,1,3-5H3. The molecule has 0 nitrogen and oxygen atoms in total. The lowest BCUT2D eigenvalue weighted by Gasteiger charge is -2.19. The van der Waals surface area contributed by atoms with Crippen LogP contribution < -0.4 is 0 Å². The molecule has 1 fully saturated rings. The van der Waals surface area contributed by atoms with Gasteiger partial charge in [-0.2, -0.15) is 0 Å². The Morgan fingerprint density at radius 3 is 2.68 bits per heavy atom. The highest BCUT2D eigenvalue weighted by molar-refractivity contribution is 5.35. The van der Waals surface area contributed by atoms with E-state index in [2.05, 4.69) is 46.4 Å². The number of rotatable bonds is 3. The van der Waals surface area contributed by atoms with Crippen molar-refractivity contribution < 1.29 is 0 Å². The van der Waals surface area contributed by atoms with Crippen molar-refractivity contribution in [1.29, 1.82) is 0 Å². The summed E-state index contributed by atoms with van der Waals surface area (Å²) in [6, 6.07) is 0. The Labute approximate surface area is 119 Å². The van der Waals surface area contributed by atoms with Crippen molar-refractivity contribution in [2.75, 3.05) is 0 Å². The first-order chi connectivity index (χ1) is 9.06. The Morgan fingerprint density at radius 1 is 1.37 bits per heavy atom. The normalized spacial score (nSPS) is 35.6. The molecule has 0 bridgehead atoms. The Kier molecular flexibility index (Phi) is 4.71. The molecule has 0 heteroatoms. The molecule has 0 radical (unpaired) electrons. The molecule has 0 aromatic rings. The van der Waals surface area contributed by atoms with Crippen LogP contribution in [0.15, 0.2) is 35.5 Å². The van der Waals surface area contributed by atoms with E-state index in [1.165, 1.54) is 43.3 Å². The van der Waals surface area contributed by atoms with E-state index in [9.17, 15) is 0 Å². The molecule has 1 saturated carbocycles. The molecule has 0 aromatic carbocycles. The number of hydrogen-bond acceptors (Lipinski definition) is 0. The molecule has 2 aliphatic carbocycles. The van der Waals surface area contributed by atoms with Crippen LogP contribution in [0.3, 0.4) is 0 Å². The van der Waals surface area contributed by atoms with Gasteiger partial charge in [0.25, 0.3) is 0 Å². The topological polar surface area (TPSA) is 0 Å². The van der Waals surface area contributed by atoms with Gasteiger partial charge in [-0.25, -0.2) is 0 Å². The molecule has 0 N–H and O–H groups in total. The van der Waals surface area contributed by atoms with Gasteiger partial charge in [-0.05, 0) is 62.9 Å². The molecule has 4 atom stereocenters. The first kappa shape index (κ1) is 14.6. The van der Waals surface area contributed by atoms with Crippen molar-refractivity contribution in [1.82, 2.24) is 0 Å². The summed E-state index contributed by atoms with van der Waals surface area (Å²) in [5, 5.41) is 0. The lowest BCUT2D eigenvalue weighted by atomic mass is 9.86. The lowest BCUT2D eigenvalue weighted by molar-refractivity contribution is 0.574. The zero-order valence-electron chi connectivity index (χ0n) is 13.2. The first-order valence-electron chi connectivity index (χ1n) is 8.09. The van der Waals surface area contributed by atoms with Crippen molar-refractivity contribution in [2.24, 2.45) is 23.7 Å². The average molecular weight is 258 g/mol. The van der Waals surface area contributed by atoms with E-state index in [1.807, 2.05) is 0 Å². The Balaban J connectivity index is 2.30. The van der Waals surface area contributed by atoms with Gasteiger partial charge in [0.2, 0.25) is 0 Å². The first-order valence-corrected chi connectivity index (χ1v) is 8.09. The Hall–Kier alpha value is -0.780. The van der Waals surface area contributed by atoms with E-state index in [1.54, 1.807) is 5.57 Å². The van der Waals surface area contributed by atoms with Crippen molar-refractivity contribution in [3.05, 3.63) is 35.5 Å². The summed E-state index contributed by atoms with van der Waals surface area (Å²) >= 11 is 0. The van der Waals surface area contributed by atoms with Gasteiger partial charge in [0, 0.05) is 5.92 Å². The fourth-order valence-corrected chi connectivity index (χ4v) is 4.02. The minimum atomic E-state index is 0.635. The van der Waals surface area contributed by atoms with Crippen LogP contribution in [0.5, 0.6) is 0 Å². The lowest BCUT2D eigenvalue weighted by Crippen LogP contribution is -2.08. The summed E-state index contributed by atoms with van der Waals surface area (Å²) in [4.78, 5) is 0. The summed E-state index contributed by atoms with van der Waals surface area (Å²) in [5.41, 5.74) is 4.41. The van der Waals surface area contributed by atoms with Crippen LogP contribution in [0.4, 0.5) is 0 Å². The van der Waals surface area contributed by atoms with Gasteiger partial charge < -0.3 is 0 Å². The predicted molar refractivity (Wildman–Crippen MR) is 85.0 cm³/mol. The van der Waals surface area contributed by atoms with E-state index in [0.717, 1.165) is 17.8 Å². The van der Waals surface area contributed by atoms with Crippen molar-refractivity contribution in [3.8, 4) is 0 Å². The molecule has 0 spiro atoms. The molecule has 2 rings (SSSR count). The van der Waals surface area contributed by atoms with Crippen LogP contribution in [0, 0.1) is 23.7 Å². The molecule has 0 amide bonds. The molecule has 0 aromatic heterocycles. The maximum absolute atomic E-state index is 4.25. The number of allylic oxidation sites excluding steroid dienone is 5. The van der Waals surface area contributed by atoms with Gasteiger partial charge in [-0.1, -0.05) is 50.1 Å². The second-order valence-corrected chi connectivity index (χ2v) is 6.73. The third-order valence-corrected chi connectivity index (χ3v) is 5.23. The van der Waals surface area contributed by atoms with Crippen LogP contribution in [0.2, 0.25) is 0 Å². The highest BCUT2D eigenvalue weighted by atomic mass is 14.5. The molecule has 0 aliphatic heterocycles. The monoisotopic (exact) mass is 258 g/mol. The van der Waals surface area contributed by atoms with Gasteiger partial charge >= 0.3 is 0 Å². The highest BCUT2D eigenvalue weighted by Gasteiger charge is 2.49. The Bertz CT molecular complexity index is 396. The van der Waals surface area contributed by atoms with Crippen LogP contribution >= 0.6 is 0 Å². The zero-order valence-corrected chi connectivity index (χ0v) is 13.2. The minimum absolute atomic E-state index is 0.635. The van der Waals surface area contributed by atoms with E-state index < -0.39 is 0 Å². The average Bonchev–Trinajstić information content (AvgIpc) is 2.98. The quantitative estimate of drug-likeness (QED) is 0.551. The fraction of sp³-hybridized carbons (Fsp3) is 0.684. The van der Waals surface area contributed by atoms with Gasteiger partial charge in [-0.3, -0.25) is 0 Å². The molecular weight excluding hydrogens is 228 g/mol. The van der Waals surface area contributed by atoms with Crippen molar-refractivity contribution in [3.63, 3.8) is 0 Å². The van der Waals surface area contributed by atoms with Gasteiger partial charge in [0.05, 0.1) is 0 Å². The van der Waals surface area contributed by atoms with E-state index in [4.69, 9.17) is 0 Å². The van der Waals surface area contributed by atoms with Crippen molar-refractivity contribution in [2.45, 2.75) is 59.8 Å². The molecule has 2 aliphatic rings. The maximum Gasteiger partial charge on any atom is 0.00534 e. The molecule has 106 valence electrons. The van der Waals surface area contributed by atoms with Crippen LogP contribution in [0.25, 0.3) is 0 Å². The highest BCUT2D eigenvalue weighted by Crippen LogP contribution is 2.56. The van der Waals surface area contributed by atoms with Gasteiger partial charge in [-0.15, -0.1) is 0 Å². The second-order valence-electron chi connectivity index (χ2n) is 6.73. The van der Waals surface area contributed by atoms with Gasteiger partial charge in [0.15, 0.2) is 0 Å². The van der Waals surface area contributed by atoms with Crippen molar-refractivity contribution >= 4 is 0 Å². The SMILES string of the molecule is C=C(C)C1=CCCCCC(C)=CC1C1C(C)C1CC. The predicted octanol–water partition coefficient (Wildman–Crippen LogP) is 5.92. The molecule has 0 saturated heterocycles. The zero-order chi connectivity index (χ0) is 14.0. The van der Waals surface area contributed by atoms with E-state index in [-0.39, 0.29) is 0 Å². The summed E-state index contributed by atoms with van der Waals surface area (Å²) in [7, 11) is 0. The third-order valence-electron chi connectivity index (χ3n) is 5.23. The van der Waals surface area contributed by atoms with Gasteiger partial charge in [0.1, 0.15) is 0 Å². The summed E-state index contributed by atoms with van der Waals surface area (Å²) in [5.74, 6) is 3.32. The summed E-state index contributed by atoms with van der Waals surface area (Å²) in [6.45, 7) is 13.5. The maximum atomic E-state index is 4.25. The molecule has 4 unspecified atom stereocenters. The Morgan fingerprint density at radius 2 is 2.11 bits per heavy atom. The van der Waals surface area contributed by atoms with E-state index in [0.29, 0.717) is 5.92 Å². The largest absolute Gasteiger partial charge is 0.0958 e. The van der Waals surface area contributed by atoms with Crippen LogP contribution in [-0.4, -0.2) is 0 Å². The second kappa shape index (κ2) is 6.11. The smallest absolute Gasteiger partial charge is 0.00534 e. The van der Waals surface area contributed by atoms with Crippen LogP contribution in [0.1, 0.15) is 59.8 Å². The summed E-state index contributed by atoms with van der Waals surface area (Å²) in [6.07, 6.45) is 11.6. The summed E-state index contributed by atoms with van der Waals surface area (Å²) < 4.78 is 0. The third kappa shape index (κ3) is 3.22. The molecular formula is C19H30. The number of hydrogen-bond donors (Lipinski definition) is 0. The fourth-order valence-electron chi connectivity index (χ4n) is 4.02. The minimum Gasteiger partial charge on any atom is -0.0958 e. The van der Waals surface area contributed by atoms with Crippen LogP contribution in [-0.2, 0) is 0 Å². The van der Waals surface area contributed by atoms with E-state index >= 15 is 0 Å². The molecule has 0 heterocycles. The molecule has 19 heavy (non-hydrogen) atoms.